The smallest absolute Gasteiger partial charge is 0.241 e. The second kappa shape index (κ2) is 8.06. The van der Waals surface area contributed by atoms with E-state index in [4.69, 9.17) is 10.5 Å². The van der Waals surface area contributed by atoms with Crippen molar-refractivity contribution in [3.05, 3.63) is 0 Å². The second-order valence-corrected chi connectivity index (χ2v) is 3.75. The largest absolute Gasteiger partial charge is 0.385 e. The van der Waals surface area contributed by atoms with Crippen LogP contribution < -0.4 is 11.1 Å². The minimum atomic E-state index is -0.579. The van der Waals surface area contributed by atoms with Crippen LogP contribution in [0.4, 0.5) is 0 Å². The van der Waals surface area contributed by atoms with Gasteiger partial charge >= 0.3 is 0 Å². The third kappa shape index (κ3) is 6.36. The number of methoxy groups -OCH3 is 1. The minimum absolute atomic E-state index is 0.0101. The fraction of sp³-hybridized carbons (Fsp3) is 0.800. The van der Waals surface area contributed by atoms with Crippen molar-refractivity contribution in [3.8, 4) is 0 Å². The van der Waals surface area contributed by atoms with Gasteiger partial charge in [0.25, 0.3) is 0 Å². The van der Waals surface area contributed by atoms with Gasteiger partial charge < -0.3 is 20.7 Å². The summed E-state index contributed by atoms with van der Waals surface area (Å²) in [6, 6.07) is -0.579. The maximum atomic E-state index is 11.4. The van der Waals surface area contributed by atoms with E-state index in [1.54, 1.807) is 21.2 Å². The van der Waals surface area contributed by atoms with Gasteiger partial charge in [0.2, 0.25) is 11.8 Å². The summed E-state index contributed by atoms with van der Waals surface area (Å²) < 4.78 is 4.85. The second-order valence-electron chi connectivity index (χ2n) is 3.75. The molecular weight excluding hydrogens is 210 g/mol. The van der Waals surface area contributed by atoms with Crippen molar-refractivity contribution in [2.24, 2.45) is 5.73 Å². The van der Waals surface area contributed by atoms with E-state index < -0.39 is 6.04 Å². The molecule has 0 aromatic heterocycles. The molecule has 0 rings (SSSR count). The predicted molar refractivity (Wildman–Crippen MR) is 60.8 cm³/mol. The van der Waals surface area contributed by atoms with Gasteiger partial charge in [0.15, 0.2) is 0 Å². The molecule has 0 aliphatic rings. The first kappa shape index (κ1) is 14.9. The normalized spacial score (nSPS) is 12.0. The SMILES string of the molecule is COCCCC(N)C(=O)NCC(=O)N(C)C. The Bertz CT molecular complexity index is 231. The number of nitrogens with one attached hydrogen (secondary N) is 1. The Kier molecular flexibility index (Phi) is 7.49. The Balaban J connectivity index is 3.75. The summed E-state index contributed by atoms with van der Waals surface area (Å²) in [5.41, 5.74) is 5.63. The monoisotopic (exact) mass is 231 g/mol. The molecule has 0 saturated heterocycles. The highest BCUT2D eigenvalue weighted by atomic mass is 16.5. The summed E-state index contributed by atoms with van der Waals surface area (Å²) in [5.74, 6) is -0.455. The van der Waals surface area contributed by atoms with Crippen LogP contribution >= 0.6 is 0 Å². The van der Waals surface area contributed by atoms with Gasteiger partial charge in [-0.15, -0.1) is 0 Å². The van der Waals surface area contributed by atoms with Crippen molar-refractivity contribution in [2.75, 3.05) is 34.4 Å². The molecule has 94 valence electrons. The zero-order valence-electron chi connectivity index (χ0n) is 10.2. The van der Waals surface area contributed by atoms with Crippen molar-refractivity contribution in [1.82, 2.24) is 10.2 Å². The number of nitrogens with zero attached hydrogens (tertiary/aromatic N) is 1. The highest BCUT2D eigenvalue weighted by Crippen LogP contribution is 1.94. The van der Waals surface area contributed by atoms with Crippen molar-refractivity contribution in [1.29, 1.82) is 0 Å². The van der Waals surface area contributed by atoms with E-state index in [9.17, 15) is 9.59 Å². The lowest BCUT2D eigenvalue weighted by atomic mass is 10.1. The molecule has 0 aliphatic carbocycles. The van der Waals surface area contributed by atoms with Crippen LogP contribution in [0.5, 0.6) is 0 Å². The molecule has 2 amide bonds. The Morgan fingerprint density at radius 2 is 2.06 bits per heavy atom. The van der Waals surface area contributed by atoms with Gasteiger partial charge in [0.1, 0.15) is 0 Å². The van der Waals surface area contributed by atoms with Gasteiger partial charge in [-0.2, -0.15) is 0 Å². The van der Waals surface area contributed by atoms with Gasteiger partial charge in [-0.05, 0) is 12.8 Å². The number of likely N-dealkylation sites (N-methyl/N-ethyl adjacent to an activating group) is 1. The highest BCUT2D eigenvalue weighted by Gasteiger charge is 2.14. The van der Waals surface area contributed by atoms with Gasteiger partial charge in [0, 0.05) is 27.8 Å². The minimum Gasteiger partial charge on any atom is -0.385 e. The Morgan fingerprint density at radius 1 is 1.44 bits per heavy atom. The lowest BCUT2D eigenvalue weighted by Gasteiger charge is -2.14. The average Bonchev–Trinajstić information content (AvgIpc) is 2.25. The first-order valence-corrected chi connectivity index (χ1v) is 5.21. The third-order valence-corrected chi connectivity index (χ3v) is 2.11. The highest BCUT2D eigenvalue weighted by molar-refractivity contribution is 5.87. The number of hydrogen-bond acceptors (Lipinski definition) is 4. The fourth-order valence-electron chi connectivity index (χ4n) is 1.03. The van der Waals surface area contributed by atoms with E-state index >= 15 is 0 Å². The molecule has 6 nitrogen and oxygen atoms in total. The molecule has 0 fully saturated rings. The summed E-state index contributed by atoms with van der Waals surface area (Å²) in [5, 5.41) is 2.49. The van der Waals surface area contributed by atoms with Crippen LogP contribution in [0.15, 0.2) is 0 Å². The van der Waals surface area contributed by atoms with E-state index in [-0.39, 0.29) is 18.4 Å². The van der Waals surface area contributed by atoms with Crippen LogP contribution in [-0.4, -0.2) is 57.1 Å². The summed E-state index contributed by atoms with van der Waals surface area (Å²) in [6.07, 6.45) is 1.28. The quantitative estimate of drug-likeness (QED) is 0.547. The standard InChI is InChI=1S/C10H21N3O3/c1-13(2)9(14)7-12-10(15)8(11)5-4-6-16-3/h8H,4-7,11H2,1-3H3,(H,12,15). The molecule has 1 unspecified atom stereocenters. The topological polar surface area (TPSA) is 84.7 Å². The van der Waals surface area contributed by atoms with E-state index in [1.807, 2.05) is 0 Å². The number of rotatable bonds is 7. The van der Waals surface area contributed by atoms with Crippen LogP contribution in [0, 0.1) is 0 Å². The molecule has 0 bridgehead atoms. The molecule has 6 heteroatoms. The van der Waals surface area contributed by atoms with Crippen molar-refractivity contribution >= 4 is 11.8 Å². The van der Waals surface area contributed by atoms with Crippen molar-refractivity contribution < 1.29 is 14.3 Å². The van der Waals surface area contributed by atoms with Gasteiger partial charge in [0.05, 0.1) is 12.6 Å². The number of carbonyl (C=O) groups excluding carboxylic acids is 2. The molecule has 16 heavy (non-hydrogen) atoms. The average molecular weight is 231 g/mol. The number of nitrogens with two attached hydrogens (primary N) is 1. The molecule has 0 saturated carbocycles. The van der Waals surface area contributed by atoms with Crippen LogP contribution in [-0.2, 0) is 14.3 Å². The Morgan fingerprint density at radius 3 is 2.56 bits per heavy atom. The number of amides is 2. The van der Waals surface area contributed by atoms with Gasteiger partial charge in [-0.1, -0.05) is 0 Å². The van der Waals surface area contributed by atoms with Crippen molar-refractivity contribution in [3.63, 3.8) is 0 Å². The van der Waals surface area contributed by atoms with Crippen molar-refractivity contribution in [2.45, 2.75) is 18.9 Å². The molecule has 0 radical (unpaired) electrons. The first-order valence-electron chi connectivity index (χ1n) is 5.21. The summed E-state index contributed by atoms with van der Waals surface area (Å²) in [4.78, 5) is 24.0. The van der Waals surface area contributed by atoms with Crippen LogP contribution in [0.3, 0.4) is 0 Å². The molecular formula is C10H21N3O3. The fourth-order valence-corrected chi connectivity index (χ4v) is 1.03. The number of hydrogen-bond donors (Lipinski definition) is 2. The van der Waals surface area contributed by atoms with E-state index in [0.29, 0.717) is 13.0 Å². The van der Waals surface area contributed by atoms with E-state index in [1.165, 1.54) is 4.90 Å². The zero-order valence-corrected chi connectivity index (χ0v) is 10.2. The lowest BCUT2D eigenvalue weighted by molar-refractivity contribution is -0.131. The van der Waals surface area contributed by atoms with Gasteiger partial charge in [-0.25, -0.2) is 0 Å². The van der Waals surface area contributed by atoms with Crippen LogP contribution in [0.25, 0.3) is 0 Å². The lowest BCUT2D eigenvalue weighted by Crippen LogP contribution is -2.44. The van der Waals surface area contributed by atoms with Crippen LogP contribution in [0.2, 0.25) is 0 Å². The number of carbonyl (C=O) groups is 2. The molecule has 0 aromatic rings. The third-order valence-electron chi connectivity index (χ3n) is 2.11. The summed E-state index contributed by atoms with van der Waals surface area (Å²) >= 11 is 0. The van der Waals surface area contributed by atoms with Gasteiger partial charge in [-0.3, -0.25) is 9.59 Å². The molecule has 0 aliphatic heterocycles. The molecule has 0 spiro atoms. The van der Waals surface area contributed by atoms with E-state index in [0.717, 1.165) is 6.42 Å². The number of ether oxygens (including phenoxy) is 1. The summed E-state index contributed by atoms with van der Waals surface area (Å²) in [7, 11) is 4.86. The summed E-state index contributed by atoms with van der Waals surface area (Å²) in [6.45, 7) is 0.571. The maximum absolute atomic E-state index is 11.4. The van der Waals surface area contributed by atoms with Crippen LogP contribution in [0.1, 0.15) is 12.8 Å². The molecule has 3 N–H and O–H groups in total. The Hall–Kier alpha value is -1.14. The predicted octanol–water partition coefficient (Wildman–Crippen LogP) is -1.06. The molecule has 0 aromatic carbocycles. The Labute approximate surface area is 96.1 Å². The van der Waals surface area contributed by atoms with E-state index in [2.05, 4.69) is 5.32 Å². The first-order chi connectivity index (χ1) is 7.49. The molecule has 0 heterocycles. The molecule has 1 atom stereocenters. The zero-order chi connectivity index (χ0) is 12.6. The maximum Gasteiger partial charge on any atom is 0.241 e.